The van der Waals surface area contributed by atoms with E-state index in [9.17, 15) is 14.9 Å². The Labute approximate surface area is 55.6 Å². The Morgan fingerprint density at radius 3 is 2.30 bits per heavy atom. The number of aromatic nitrogens is 1. The van der Waals surface area contributed by atoms with E-state index in [0.29, 0.717) is 4.68 Å². The molecule has 1 rings (SSSR count). The lowest BCUT2D eigenvalue weighted by Gasteiger charge is -1.89. The molecule has 0 saturated carbocycles. The number of pyridine rings is 1. The van der Waals surface area contributed by atoms with Crippen molar-refractivity contribution in [2.75, 3.05) is 0 Å². The fourth-order valence-corrected chi connectivity index (χ4v) is 0.514. The maximum atomic E-state index is 10.4. The lowest BCUT2D eigenvalue weighted by molar-refractivity contribution is -0.542. The van der Waals surface area contributed by atoms with Crippen LogP contribution in [0.25, 0.3) is 0 Å². The van der Waals surface area contributed by atoms with Crippen LogP contribution in [0.4, 0.5) is 0 Å². The molecule has 0 aliphatic rings. The summed E-state index contributed by atoms with van der Waals surface area (Å²) in [4.78, 5) is 20.4. The highest BCUT2D eigenvalue weighted by Gasteiger charge is 1.94. The maximum Gasteiger partial charge on any atom is 0.182 e. The van der Waals surface area contributed by atoms with E-state index in [1.165, 1.54) is 0 Å². The van der Waals surface area contributed by atoms with Crippen LogP contribution in [0.2, 0.25) is 0 Å². The smallest absolute Gasteiger partial charge is 0.182 e. The highest BCUT2D eigenvalue weighted by Crippen LogP contribution is 1.80. The zero-order valence-corrected chi connectivity index (χ0v) is 4.93. The molecule has 0 radical (unpaired) electrons. The third kappa shape index (κ3) is 1.19. The van der Waals surface area contributed by atoms with E-state index in [4.69, 9.17) is 0 Å². The molecule has 0 aliphatic heterocycles. The summed E-state index contributed by atoms with van der Waals surface area (Å²) >= 11 is 0. The molecule has 1 heterocycles. The van der Waals surface area contributed by atoms with Crippen molar-refractivity contribution in [2.24, 2.45) is 0 Å². The first kappa shape index (κ1) is 6.47. The Kier molecular flexibility index (Phi) is 1.49. The molecule has 1 aromatic rings. The SMILES string of the molecule is O=c1ccn([N+](=O)[O-])cc1. The van der Waals surface area contributed by atoms with Gasteiger partial charge in [0.1, 0.15) is 0 Å². The molecule has 52 valence electrons. The summed E-state index contributed by atoms with van der Waals surface area (Å²) in [5.74, 6) is 0. The predicted octanol–water partition coefficient (Wildman–Crippen LogP) is -0.112. The molecule has 0 aliphatic carbocycles. The average Bonchev–Trinajstić information content (AvgIpc) is 1.88. The number of nitro groups is 1. The number of rotatable bonds is 1. The van der Waals surface area contributed by atoms with E-state index < -0.39 is 5.03 Å². The summed E-state index contributed by atoms with van der Waals surface area (Å²) in [7, 11) is 0. The molecule has 5 heteroatoms. The van der Waals surface area contributed by atoms with Crippen LogP contribution in [-0.2, 0) is 0 Å². The van der Waals surface area contributed by atoms with Gasteiger partial charge in [0.05, 0.1) is 12.4 Å². The summed E-state index contributed by atoms with van der Waals surface area (Å²) < 4.78 is 0.710. The summed E-state index contributed by atoms with van der Waals surface area (Å²) in [6, 6.07) is 2.26. The third-order valence-electron chi connectivity index (χ3n) is 0.972. The highest BCUT2D eigenvalue weighted by atomic mass is 16.7. The van der Waals surface area contributed by atoms with Crippen LogP contribution in [0.1, 0.15) is 0 Å². The van der Waals surface area contributed by atoms with Gasteiger partial charge >= 0.3 is 0 Å². The molecule has 0 N–H and O–H groups in total. The van der Waals surface area contributed by atoms with Crippen LogP contribution in [0, 0.1) is 10.1 Å². The van der Waals surface area contributed by atoms with E-state index in [0.717, 1.165) is 24.5 Å². The van der Waals surface area contributed by atoms with Crippen LogP contribution in [-0.4, -0.2) is 9.71 Å². The van der Waals surface area contributed by atoms with Gasteiger partial charge in [-0.2, -0.15) is 0 Å². The summed E-state index contributed by atoms with van der Waals surface area (Å²) in [6.45, 7) is 0. The van der Waals surface area contributed by atoms with Crippen molar-refractivity contribution in [3.63, 3.8) is 0 Å². The molecule has 10 heavy (non-hydrogen) atoms. The standard InChI is InChI=1S/C5H4N2O3/c8-5-1-3-6(4-2-5)7(9)10/h1-4H. The van der Waals surface area contributed by atoms with Gasteiger partial charge in [-0.05, 0) is 0 Å². The molecule has 1 aromatic heterocycles. The van der Waals surface area contributed by atoms with Gasteiger partial charge in [-0.15, -0.1) is 0 Å². The highest BCUT2D eigenvalue weighted by molar-refractivity contribution is 4.91. The summed E-state index contributed by atoms with van der Waals surface area (Å²) in [5.41, 5.74) is -0.238. The molecule has 0 saturated heterocycles. The Balaban J connectivity index is 3.12. The number of hydrogen-bond donors (Lipinski definition) is 0. The van der Waals surface area contributed by atoms with Crippen LogP contribution in [0.15, 0.2) is 29.3 Å². The molecule has 0 fully saturated rings. The maximum absolute atomic E-state index is 10.4. The van der Waals surface area contributed by atoms with Gasteiger partial charge in [-0.3, -0.25) is 4.79 Å². The van der Waals surface area contributed by atoms with Gasteiger partial charge in [0.15, 0.2) is 10.5 Å². The molecule has 0 amide bonds. The molecule has 0 atom stereocenters. The van der Waals surface area contributed by atoms with Crippen LogP contribution < -0.4 is 5.43 Å². The zero-order chi connectivity index (χ0) is 7.56. The first-order valence-corrected chi connectivity index (χ1v) is 2.53. The van der Waals surface area contributed by atoms with Crippen molar-refractivity contribution in [2.45, 2.75) is 0 Å². The van der Waals surface area contributed by atoms with E-state index in [1.807, 2.05) is 0 Å². The van der Waals surface area contributed by atoms with Crippen molar-refractivity contribution in [1.29, 1.82) is 0 Å². The first-order chi connectivity index (χ1) is 4.70. The van der Waals surface area contributed by atoms with Gasteiger partial charge in [0.25, 0.3) is 0 Å². The van der Waals surface area contributed by atoms with Gasteiger partial charge in [0.2, 0.25) is 0 Å². The second kappa shape index (κ2) is 2.30. The van der Waals surface area contributed by atoms with Gasteiger partial charge in [-0.25, -0.2) is 10.1 Å². The minimum Gasteiger partial charge on any atom is -0.290 e. The van der Waals surface area contributed by atoms with Crippen molar-refractivity contribution >= 4 is 0 Å². The fraction of sp³-hybridized carbons (Fsp3) is 0. The molecule has 0 aromatic carbocycles. The molecule has 5 nitrogen and oxygen atoms in total. The fourth-order valence-electron chi connectivity index (χ4n) is 0.514. The third-order valence-corrected chi connectivity index (χ3v) is 0.972. The Morgan fingerprint density at radius 1 is 1.40 bits per heavy atom. The zero-order valence-electron chi connectivity index (χ0n) is 4.93. The molecular weight excluding hydrogens is 136 g/mol. The Bertz CT molecular complexity index is 284. The summed E-state index contributed by atoms with van der Waals surface area (Å²) in [6.07, 6.45) is 2.20. The summed E-state index contributed by atoms with van der Waals surface area (Å²) in [5, 5.41) is 9.35. The van der Waals surface area contributed by atoms with E-state index in [-0.39, 0.29) is 5.43 Å². The van der Waals surface area contributed by atoms with Gasteiger partial charge < -0.3 is 0 Å². The molecule has 0 bridgehead atoms. The van der Waals surface area contributed by atoms with E-state index in [1.54, 1.807) is 0 Å². The topological polar surface area (TPSA) is 65.1 Å². The minimum atomic E-state index is -0.626. The van der Waals surface area contributed by atoms with Crippen LogP contribution >= 0.6 is 0 Å². The van der Waals surface area contributed by atoms with Crippen LogP contribution in [0.3, 0.4) is 0 Å². The lowest BCUT2D eigenvalue weighted by Crippen LogP contribution is -2.10. The Hall–Kier alpha value is -1.65. The normalized spacial score (nSPS) is 9.20. The van der Waals surface area contributed by atoms with Crippen LogP contribution in [0.5, 0.6) is 0 Å². The minimum absolute atomic E-state index is 0.238. The predicted molar refractivity (Wildman–Crippen MR) is 33.1 cm³/mol. The molecule has 0 unspecified atom stereocenters. The quantitative estimate of drug-likeness (QED) is 0.403. The monoisotopic (exact) mass is 140 g/mol. The van der Waals surface area contributed by atoms with Crippen molar-refractivity contribution in [3.05, 3.63) is 44.9 Å². The first-order valence-electron chi connectivity index (χ1n) is 2.53. The molecular formula is C5H4N2O3. The second-order valence-electron chi connectivity index (χ2n) is 1.65. The number of nitrogens with zero attached hydrogens (tertiary/aromatic N) is 2. The Morgan fingerprint density at radius 2 is 1.90 bits per heavy atom. The van der Waals surface area contributed by atoms with Crippen molar-refractivity contribution < 1.29 is 5.03 Å². The average molecular weight is 140 g/mol. The lowest BCUT2D eigenvalue weighted by atomic mass is 10.5. The van der Waals surface area contributed by atoms with Crippen molar-refractivity contribution in [3.8, 4) is 0 Å². The van der Waals surface area contributed by atoms with E-state index >= 15 is 0 Å². The second-order valence-corrected chi connectivity index (χ2v) is 1.65. The van der Waals surface area contributed by atoms with Gasteiger partial charge in [0, 0.05) is 12.1 Å². The molecule has 0 spiro atoms. The number of hydrogen-bond acceptors (Lipinski definition) is 3. The van der Waals surface area contributed by atoms with E-state index in [2.05, 4.69) is 0 Å². The van der Waals surface area contributed by atoms with Crippen molar-refractivity contribution in [1.82, 2.24) is 4.68 Å². The largest absolute Gasteiger partial charge is 0.290 e. The van der Waals surface area contributed by atoms with Gasteiger partial charge in [-0.1, -0.05) is 4.68 Å².